The van der Waals surface area contributed by atoms with Crippen LogP contribution in [0.15, 0.2) is 30.5 Å². The molecule has 1 N–H and O–H groups in total. The number of nitrogens with one attached hydrogen (secondary N) is 1. The lowest BCUT2D eigenvalue weighted by molar-refractivity contribution is -0.121. The molecular formula is C22H28FN3O4. The van der Waals surface area contributed by atoms with E-state index in [4.69, 9.17) is 4.74 Å². The summed E-state index contributed by atoms with van der Waals surface area (Å²) in [5.41, 5.74) is -0.151. The van der Waals surface area contributed by atoms with Crippen LogP contribution in [0, 0.1) is 17.7 Å². The average molecular weight is 417 g/mol. The number of amides is 3. The van der Waals surface area contributed by atoms with Gasteiger partial charge in [0.05, 0.1) is 17.3 Å². The molecule has 1 fully saturated rings. The van der Waals surface area contributed by atoms with Crippen molar-refractivity contribution >= 4 is 29.3 Å². The van der Waals surface area contributed by atoms with Gasteiger partial charge in [-0.15, -0.1) is 0 Å². The first-order valence-corrected chi connectivity index (χ1v) is 10.1. The summed E-state index contributed by atoms with van der Waals surface area (Å²) in [6.45, 7) is 7.82. The Kier molecular flexibility index (Phi) is 6.14. The Morgan fingerprint density at radius 3 is 2.67 bits per heavy atom. The fourth-order valence-corrected chi connectivity index (χ4v) is 3.45. The van der Waals surface area contributed by atoms with Gasteiger partial charge in [0, 0.05) is 31.3 Å². The number of nitrogens with zero attached hydrogens (tertiary/aromatic N) is 2. The van der Waals surface area contributed by atoms with Gasteiger partial charge in [0.2, 0.25) is 11.8 Å². The van der Waals surface area contributed by atoms with Crippen LogP contribution in [-0.2, 0) is 14.3 Å². The van der Waals surface area contributed by atoms with Crippen molar-refractivity contribution in [1.82, 2.24) is 4.90 Å². The summed E-state index contributed by atoms with van der Waals surface area (Å²) in [6.07, 6.45) is 4.19. The Labute approximate surface area is 175 Å². The smallest absolute Gasteiger partial charge is 0.410 e. The van der Waals surface area contributed by atoms with Crippen molar-refractivity contribution in [2.45, 2.75) is 46.1 Å². The van der Waals surface area contributed by atoms with Gasteiger partial charge in [-0.25, -0.2) is 9.18 Å². The summed E-state index contributed by atoms with van der Waals surface area (Å²) >= 11 is 0. The van der Waals surface area contributed by atoms with E-state index >= 15 is 0 Å². The van der Waals surface area contributed by atoms with E-state index in [0.717, 1.165) is 0 Å². The van der Waals surface area contributed by atoms with Crippen LogP contribution in [0.2, 0.25) is 0 Å². The number of carbonyl (C=O) groups excluding carboxylic acids is 3. The third-order valence-electron chi connectivity index (χ3n) is 5.10. The van der Waals surface area contributed by atoms with E-state index in [-0.39, 0.29) is 30.0 Å². The van der Waals surface area contributed by atoms with Gasteiger partial charge in [0.25, 0.3) is 0 Å². The zero-order valence-corrected chi connectivity index (χ0v) is 17.8. The molecule has 2 atom stereocenters. The Hall–Kier alpha value is -2.90. The molecular weight excluding hydrogens is 389 g/mol. The van der Waals surface area contributed by atoms with Gasteiger partial charge in [0.1, 0.15) is 11.4 Å². The Balaban J connectivity index is 1.62. The molecule has 3 rings (SSSR count). The molecule has 3 amide bonds. The summed E-state index contributed by atoms with van der Waals surface area (Å²) in [5, 5.41) is 2.60. The van der Waals surface area contributed by atoms with Crippen molar-refractivity contribution in [3.8, 4) is 0 Å². The molecule has 162 valence electrons. The minimum absolute atomic E-state index is 0.0426. The summed E-state index contributed by atoms with van der Waals surface area (Å²) < 4.78 is 19.9. The number of carbonyl (C=O) groups is 3. The third-order valence-corrected chi connectivity index (χ3v) is 5.10. The normalized spacial score (nSPS) is 21.7. The predicted molar refractivity (Wildman–Crippen MR) is 111 cm³/mol. The molecule has 2 heterocycles. The molecule has 7 nitrogen and oxygen atoms in total. The zero-order valence-electron chi connectivity index (χ0n) is 17.8. The predicted octanol–water partition coefficient (Wildman–Crippen LogP) is 3.91. The van der Waals surface area contributed by atoms with E-state index in [9.17, 15) is 18.8 Å². The Morgan fingerprint density at radius 1 is 1.27 bits per heavy atom. The van der Waals surface area contributed by atoms with E-state index < -0.39 is 23.4 Å². The molecule has 1 saturated heterocycles. The van der Waals surface area contributed by atoms with E-state index in [2.05, 4.69) is 5.32 Å². The fourth-order valence-electron chi connectivity index (χ4n) is 3.45. The number of hydrogen-bond donors (Lipinski definition) is 1. The van der Waals surface area contributed by atoms with Crippen molar-refractivity contribution in [2.24, 2.45) is 11.8 Å². The molecule has 1 aromatic carbocycles. The van der Waals surface area contributed by atoms with Gasteiger partial charge < -0.3 is 15.0 Å². The second kappa shape index (κ2) is 8.45. The molecule has 2 aliphatic heterocycles. The number of benzene rings is 1. The maximum absolute atomic E-state index is 14.6. The third kappa shape index (κ3) is 4.98. The van der Waals surface area contributed by atoms with E-state index in [0.29, 0.717) is 25.1 Å². The van der Waals surface area contributed by atoms with Crippen LogP contribution in [0.4, 0.5) is 20.6 Å². The molecule has 2 aliphatic rings. The molecule has 0 aromatic heterocycles. The van der Waals surface area contributed by atoms with Crippen molar-refractivity contribution in [3.05, 3.63) is 36.3 Å². The molecule has 1 aromatic rings. The highest BCUT2D eigenvalue weighted by Crippen LogP contribution is 2.28. The quantitative estimate of drug-likeness (QED) is 0.809. The second-order valence-electron chi connectivity index (χ2n) is 8.80. The lowest BCUT2D eigenvalue weighted by Gasteiger charge is -2.26. The number of allylic oxidation sites excluding steroid dienone is 1. The first kappa shape index (κ1) is 21.8. The van der Waals surface area contributed by atoms with Gasteiger partial charge in [0.15, 0.2) is 0 Å². The molecule has 30 heavy (non-hydrogen) atoms. The molecule has 0 radical (unpaired) electrons. The van der Waals surface area contributed by atoms with Gasteiger partial charge in [-0.05, 0) is 45.7 Å². The number of halogens is 1. The minimum Gasteiger partial charge on any atom is -0.444 e. The highest BCUT2D eigenvalue weighted by molar-refractivity contribution is 5.98. The zero-order chi connectivity index (χ0) is 22.1. The lowest BCUT2D eigenvalue weighted by atomic mass is 10.0. The monoisotopic (exact) mass is 417 g/mol. The molecule has 0 bridgehead atoms. The SMILES string of the molecule is CC1CC=CN(c2ccc(NC(=O)[C@@H]3CCN(C(=O)OC(C)(C)C)C3)c(F)c2)C1=O. The van der Waals surface area contributed by atoms with Crippen molar-refractivity contribution in [3.63, 3.8) is 0 Å². The summed E-state index contributed by atoms with van der Waals surface area (Å²) in [7, 11) is 0. The summed E-state index contributed by atoms with van der Waals surface area (Å²) in [6, 6.07) is 4.28. The summed E-state index contributed by atoms with van der Waals surface area (Å²) in [4.78, 5) is 39.9. The maximum atomic E-state index is 14.6. The number of ether oxygens (including phenoxy) is 1. The van der Waals surface area contributed by atoms with E-state index in [1.54, 1.807) is 33.0 Å². The van der Waals surface area contributed by atoms with Gasteiger partial charge in [-0.2, -0.15) is 0 Å². The Morgan fingerprint density at radius 2 is 2.00 bits per heavy atom. The van der Waals surface area contributed by atoms with Crippen molar-refractivity contribution in [1.29, 1.82) is 0 Å². The molecule has 0 aliphatic carbocycles. The van der Waals surface area contributed by atoms with Crippen LogP contribution < -0.4 is 10.2 Å². The lowest BCUT2D eigenvalue weighted by Crippen LogP contribution is -2.36. The maximum Gasteiger partial charge on any atom is 0.410 e. The number of anilines is 2. The fraction of sp³-hybridized carbons (Fsp3) is 0.500. The summed E-state index contributed by atoms with van der Waals surface area (Å²) in [5.74, 6) is -1.67. The van der Waals surface area contributed by atoms with Gasteiger partial charge in [-0.1, -0.05) is 13.0 Å². The van der Waals surface area contributed by atoms with Gasteiger partial charge >= 0.3 is 6.09 Å². The highest BCUT2D eigenvalue weighted by atomic mass is 19.1. The standard InChI is InChI=1S/C22H28FN3O4/c1-14-6-5-10-26(20(14)28)16-7-8-18(17(23)12-16)24-19(27)15-9-11-25(13-15)21(29)30-22(2,3)4/h5,7-8,10,12,14-15H,6,9,11,13H2,1-4H3,(H,24,27)/t14?,15-/m1/s1. The van der Waals surface area contributed by atoms with E-state index in [1.807, 2.05) is 13.0 Å². The number of hydrogen-bond acceptors (Lipinski definition) is 4. The van der Waals surface area contributed by atoms with Gasteiger partial charge in [-0.3, -0.25) is 14.5 Å². The Bertz CT molecular complexity index is 878. The van der Waals surface area contributed by atoms with Crippen LogP contribution >= 0.6 is 0 Å². The molecule has 0 saturated carbocycles. The molecule has 0 spiro atoms. The van der Waals surface area contributed by atoms with Crippen LogP contribution in [0.3, 0.4) is 0 Å². The van der Waals surface area contributed by atoms with Crippen LogP contribution in [-0.4, -0.2) is 41.5 Å². The van der Waals surface area contributed by atoms with Crippen LogP contribution in [0.1, 0.15) is 40.5 Å². The topological polar surface area (TPSA) is 79.0 Å². The largest absolute Gasteiger partial charge is 0.444 e. The minimum atomic E-state index is -0.623. The first-order valence-electron chi connectivity index (χ1n) is 10.1. The van der Waals surface area contributed by atoms with Crippen LogP contribution in [0.25, 0.3) is 0 Å². The number of likely N-dealkylation sites (tertiary alicyclic amines) is 1. The molecule has 1 unspecified atom stereocenters. The van der Waals surface area contributed by atoms with Crippen molar-refractivity contribution in [2.75, 3.05) is 23.3 Å². The van der Waals surface area contributed by atoms with Crippen LogP contribution in [0.5, 0.6) is 0 Å². The highest BCUT2D eigenvalue weighted by Gasteiger charge is 2.33. The second-order valence-corrected chi connectivity index (χ2v) is 8.80. The number of rotatable bonds is 3. The molecule has 8 heteroatoms. The van der Waals surface area contributed by atoms with Crippen molar-refractivity contribution < 1.29 is 23.5 Å². The average Bonchev–Trinajstić information content (AvgIpc) is 3.15. The first-order chi connectivity index (χ1) is 14.0. The van der Waals surface area contributed by atoms with E-state index in [1.165, 1.54) is 21.9 Å².